The van der Waals surface area contributed by atoms with E-state index in [1.807, 2.05) is 45.9 Å². The number of benzene rings is 1. The number of hydrogen-bond acceptors (Lipinski definition) is 2. The van der Waals surface area contributed by atoms with Crippen molar-refractivity contribution in [1.82, 2.24) is 4.90 Å². The number of rotatable bonds is 5. The van der Waals surface area contributed by atoms with Gasteiger partial charge < -0.3 is 4.90 Å². The van der Waals surface area contributed by atoms with E-state index in [2.05, 4.69) is 0 Å². The Morgan fingerprint density at radius 2 is 1.61 bits per heavy atom. The minimum absolute atomic E-state index is 0.0535. The van der Waals surface area contributed by atoms with Crippen LogP contribution in [0.5, 0.6) is 0 Å². The van der Waals surface area contributed by atoms with E-state index < -0.39 is 10.8 Å². The van der Waals surface area contributed by atoms with Gasteiger partial charge in [0.05, 0.1) is 10.8 Å². The van der Waals surface area contributed by atoms with Gasteiger partial charge in [-0.2, -0.15) is 0 Å². The minimum atomic E-state index is -1.26. The van der Waals surface area contributed by atoms with Crippen LogP contribution in [0.1, 0.15) is 27.7 Å². The van der Waals surface area contributed by atoms with Crippen LogP contribution in [0.3, 0.4) is 0 Å². The molecule has 1 rings (SSSR count). The van der Waals surface area contributed by atoms with Crippen molar-refractivity contribution < 1.29 is 9.00 Å². The third-order valence-electron chi connectivity index (χ3n) is 2.66. The van der Waals surface area contributed by atoms with Crippen molar-refractivity contribution in [3.8, 4) is 0 Å². The Bertz CT molecular complexity index is 407. The van der Waals surface area contributed by atoms with Gasteiger partial charge >= 0.3 is 0 Å². The van der Waals surface area contributed by atoms with Crippen LogP contribution in [0.15, 0.2) is 35.2 Å². The van der Waals surface area contributed by atoms with Gasteiger partial charge in [0, 0.05) is 17.0 Å². The topological polar surface area (TPSA) is 37.4 Å². The molecule has 0 radical (unpaired) electrons. The Labute approximate surface area is 112 Å². The van der Waals surface area contributed by atoms with Crippen LogP contribution in [-0.4, -0.2) is 32.9 Å². The van der Waals surface area contributed by atoms with E-state index in [1.165, 1.54) is 0 Å². The van der Waals surface area contributed by atoms with Crippen molar-refractivity contribution >= 4 is 16.7 Å². The van der Waals surface area contributed by atoms with Gasteiger partial charge in [0.1, 0.15) is 5.75 Å². The van der Waals surface area contributed by atoms with E-state index in [0.29, 0.717) is 4.90 Å². The molecular formula is C14H21NO2S. The Balaban J connectivity index is 2.73. The number of carbonyl (C=O) groups excluding carboxylic acids is 1. The molecule has 0 saturated carbocycles. The molecule has 1 atom stereocenters. The van der Waals surface area contributed by atoms with E-state index in [-0.39, 0.29) is 23.7 Å². The summed E-state index contributed by atoms with van der Waals surface area (Å²) < 4.78 is 12.1. The molecule has 0 aliphatic rings. The standard InChI is InChI=1S/C14H21NO2S/c1-11(2)15(12(3)4)14(16)10-18(17)13-8-6-5-7-9-13/h5-9,11-12H,10H2,1-4H3. The van der Waals surface area contributed by atoms with Gasteiger partial charge in [-0.15, -0.1) is 0 Å². The van der Waals surface area contributed by atoms with Gasteiger partial charge in [-0.3, -0.25) is 9.00 Å². The lowest BCUT2D eigenvalue weighted by atomic mass is 10.2. The van der Waals surface area contributed by atoms with Gasteiger partial charge in [-0.1, -0.05) is 18.2 Å². The molecular weight excluding hydrogens is 246 g/mol. The summed E-state index contributed by atoms with van der Waals surface area (Å²) in [5, 5.41) is 0. The van der Waals surface area contributed by atoms with Crippen LogP contribution in [0.2, 0.25) is 0 Å². The predicted octanol–water partition coefficient (Wildman–Crippen LogP) is 2.44. The summed E-state index contributed by atoms with van der Waals surface area (Å²) in [5.41, 5.74) is 0. The van der Waals surface area contributed by atoms with Gasteiger partial charge in [0.25, 0.3) is 0 Å². The average Bonchev–Trinajstić information content (AvgIpc) is 2.28. The second-order valence-corrected chi connectivity index (χ2v) is 6.24. The summed E-state index contributed by atoms with van der Waals surface area (Å²) in [7, 11) is -1.26. The zero-order chi connectivity index (χ0) is 13.7. The van der Waals surface area contributed by atoms with Crippen molar-refractivity contribution in [3.63, 3.8) is 0 Å². The van der Waals surface area contributed by atoms with Gasteiger partial charge in [-0.05, 0) is 39.8 Å². The molecule has 0 saturated heterocycles. The number of amides is 1. The lowest BCUT2D eigenvalue weighted by Crippen LogP contribution is -2.44. The van der Waals surface area contributed by atoms with Crippen LogP contribution in [-0.2, 0) is 15.6 Å². The van der Waals surface area contributed by atoms with E-state index in [9.17, 15) is 9.00 Å². The predicted molar refractivity (Wildman–Crippen MR) is 74.8 cm³/mol. The second-order valence-electron chi connectivity index (χ2n) is 4.79. The van der Waals surface area contributed by atoms with Gasteiger partial charge in [0.2, 0.25) is 5.91 Å². The maximum absolute atomic E-state index is 12.1. The molecule has 0 aromatic heterocycles. The molecule has 3 nitrogen and oxygen atoms in total. The molecule has 1 unspecified atom stereocenters. The monoisotopic (exact) mass is 267 g/mol. The Kier molecular flexibility index (Phi) is 5.54. The molecule has 0 aliphatic carbocycles. The van der Waals surface area contributed by atoms with Crippen molar-refractivity contribution in [2.45, 2.75) is 44.7 Å². The first kappa shape index (κ1) is 14.9. The fraction of sp³-hybridized carbons (Fsp3) is 0.500. The normalized spacial score (nSPS) is 12.8. The molecule has 4 heteroatoms. The Hall–Kier alpha value is -1.16. The number of carbonyl (C=O) groups is 1. The molecule has 100 valence electrons. The fourth-order valence-corrected chi connectivity index (χ4v) is 3.02. The van der Waals surface area contributed by atoms with Gasteiger partial charge in [0.15, 0.2) is 0 Å². The Morgan fingerprint density at radius 1 is 1.11 bits per heavy atom. The zero-order valence-electron chi connectivity index (χ0n) is 11.4. The van der Waals surface area contributed by atoms with Crippen LogP contribution < -0.4 is 0 Å². The third-order valence-corrected chi connectivity index (χ3v) is 3.97. The SMILES string of the molecule is CC(C)N(C(=O)CS(=O)c1ccccc1)C(C)C. The summed E-state index contributed by atoms with van der Waals surface area (Å²) >= 11 is 0. The fourth-order valence-electron chi connectivity index (χ4n) is 2.01. The molecule has 0 aliphatic heterocycles. The first-order chi connectivity index (χ1) is 8.43. The summed E-state index contributed by atoms with van der Waals surface area (Å²) in [4.78, 5) is 14.6. The van der Waals surface area contributed by atoms with Crippen molar-refractivity contribution in [3.05, 3.63) is 30.3 Å². The van der Waals surface area contributed by atoms with Crippen molar-refractivity contribution in [2.24, 2.45) is 0 Å². The van der Waals surface area contributed by atoms with E-state index in [0.717, 1.165) is 0 Å². The molecule has 1 aromatic rings. The number of hydrogen-bond donors (Lipinski definition) is 0. The number of nitrogens with zero attached hydrogens (tertiary/aromatic N) is 1. The Morgan fingerprint density at radius 3 is 2.06 bits per heavy atom. The lowest BCUT2D eigenvalue weighted by Gasteiger charge is -2.30. The summed E-state index contributed by atoms with van der Waals surface area (Å²) in [6.07, 6.45) is 0. The van der Waals surface area contributed by atoms with Crippen LogP contribution >= 0.6 is 0 Å². The smallest absolute Gasteiger partial charge is 0.236 e. The first-order valence-corrected chi connectivity index (χ1v) is 7.50. The molecule has 1 amide bonds. The van der Waals surface area contributed by atoms with Crippen LogP contribution in [0.25, 0.3) is 0 Å². The molecule has 0 spiro atoms. The lowest BCUT2D eigenvalue weighted by molar-refractivity contribution is -0.131. The maximum Gasteiger partial charge on any atom is 0.236 e. The molecule has 0 bridgehead atoms. The van der Waals surface area contributed by atoms with Crippen molar-refractivity contribution in [2.75, 3.05) is 5.75 Å². The van der Waals surface area contributed by atoms with Crippen molar-refractivity contribution in [1.29, 1.82) is 0 Å². The highest BCUT2D eigenvalue weighted by Crippen LogP contribution is 2.10. The quantitative estimate of drug-likeness (QED) is 0.821. The largest absolute Gasteiger partial charge is 0.337 e. The summed E-state index contributed by atoms with van der Waals surface area (Å²) in [5.74, 6) is 0.00239. The molecule has 1 aromatic carbocycles. The van der Waals surface area contributed by atoms with E-state index in [4.69, 9.17) is 0 Å². The van der Waals surface area contributed by atoms with Gasteiger partial charge in [-0.25, -0.2) is 0 Å². The summed E-state index contributed by atoms with van der Waals surface area (Å²) in [6, 6.07) is 9.38. The highest BCUT2D eigenvalue weighted by molar-refractivity contribution is 7.85. The molecule has 0 N–H and O–H groups in total. The van der Waals surface area contributed by atoms with Crippen LogP contribution in [0, 0.1) is 0 Å². The summed E-state index contributed by atoms with van der Waals surface area (Å²) in [6.45, 7) is 7.90. The second kappa shape index (κ2) is 6.69. The molecule has 0 fully saturated rings. The highest BCUT2D eigenvalue weighted by atomic mass is 32.2. The zero-order valence-corrected chi connectivity index (χ0v) is 12.2. The van der Waals surface area contributed by atoms with E-state index >= 15 is 0 Å². The maximum atomic E-state index is 12.1. The molecule has 0 heterocycles. The van der Waals surface area contributed by atoms with E-state index in [1.54, 1.807) is 17.0 Å². The highest BCUT2D eigenvalue weighted by Gasteiger charge is 2.22. The average molecular weight is 267 g/mol. The minimum Gasteiger partial charge on any atom is -0.337 e. The molecule has 18 heavy (non-hydrogen) atoms. The third kappa shape index (κ3) is 3.95. The van der Waals surface area contributed by atoms with Crippen LogP contribution in [0.4, 0.5) is 0 Å². The first-order valence-electron chi connectivity index (χ1n) is 6.18.